The van der Waals surface area contributed by atoms with Crippen LogP contribution in [0.3, 0.4) is 0 Å². The summed E-state index contributed by atoms with van der Waals surface area (Å²) in [6.07, 6.45) is 2.24. The van der Waals surface area contributed by atoms with Crippen LogP contribution >= 0.6 is 0 Å². The Hall–Kier alpha value is -4.73. The maximum Gasteiger partial charge on any atom is 0.305 e. The lowest BCUT2D eigenvalue weighted by atomic mass is 9.98. The molecule has 10 heteroatoms. The standard InChI is InChI=1S/C30H34N4O6/c35-27(11-5-7-19-32-26-10-4-6-18-31-26)33-24(16-17-28(36)37)30(40)34-25(20-29(38)39)23-14-12-22(13-15-23)21-8-2-1-3-9-21/h1-4,6,8-10,12-15,18,24-25H,5,7,11,16-17,19-20H2,(H,31,32)(H,33,35)(H,34,40)(H,36,37)(H,38,39)/t24-,25?/m1/s1. The number of pyridine rings is 1. The predicted octanol–water partition coefficient (Wildman–Crippen LogP) is 4.01. The fourth-order valence-corrected chi connectivity index (χ4v) is 4.14. The van der Waals surface area contributed by atoms with Crippen LogP contribution in [0.5, 0.6) is 0 Å². The van der Waals surface area contributed by atoms with E-state index in [0.29, 0.717) is 24.9 Å². The molecule has 0 saturated carbocycles. The van der Waals surface area contributed by atoms with Gasteiger partial charge in [-0.25, -0.2) is 4.98 Å². The van der Waals surface area contributed by atoms with E-state index in [1.807, 2.05) is 60.7 Å². The summed E-state index contributed by atoms with van der Waals surface area (Å²) in [7, 11) is 0. The van der Waals surface area contributed by atoms with Crippen LogP contribution in [0.4, 0.5) is 5.82 Å². The first-order valence-electron chi connectivity index (χ1n) is 13.2. The Balaban J connectivity index is 1.59. The summed E-state index contributed by atoms with van der Waals surface area (Å²) >= 11 is 0. The fraction of sp³-hybridized carbons (Fsp3) is 0.300. The van der Waals surface area contributed by atoms with Crippen molar-refractivity contribution in [1.29, 1.82) is 0 Å². The van der Waals surface area contributed by atoms with Crippen LogP contribution in [0.25, 0.3) is 11.1 Å². The lowest BCUT2D eigenvalue weighted by molar-refractivity contribution is -0.138. The van der Waals surface area contributed by atoms with Crippen LogP contribution in [-0.2, 0) is 19.2 Å². The first-order chi connectivity index (χ1) is 19.3. The molecule has 3 aromatic rings. The summed E-state index contributed by atoms with van der Waals surface area (Å²) in [6, 6.07) is 20.4. The quantitative estimate of drug-likeness (QED) is 0.169. The highest BCUT2D eigenvalue weighted by atomic mass is 16.4. The maximum absolute atomic E-state index is 13.1. The van der Waals surface area contributed by atoms with Gasteiger partial charge in [0.2, 0.25) is 11.8 Å². The van der Waals surface area contributed by atoms with Gasteiger partial charge < -0.3 is 26.2 Å². The molecule has 1 unspecified atom stereocenters. The monoisotopic (exact) mass is 546 g/mol. The zero-order chi connectivity index (χ0) is 28.7. The van der Waals surface area contributed by atoms with Crippen LogP contribution < -0.4 is 16.0 Å². The van der Waals surface area contributed by atoms with E-state index in [1.54, 1.807) is 18.3 Å². The average Bonchev–Trinajstić information content (AvgIpc) is 2.95. The Kier molecular flexibility index (Phi) is 11.6. The van der Waals surface area contributed by atoms with Crippen molar-refractivity contribution in [2.45, 2.75) is 50.6 Å². The molecule has 0 aliphatic rings. The summed E-state index contributed by atoms with van der Waals surface area (Å²) in [5, 5.41) is 27.1. The van der Waals surface area contributed by atoms with Crippen LogP contribution in [0.2, 0.25) is 0 Å². The zero-order valence-electron chi connectivity index (χ0n) is 22.1. The molecule has 5 N–H and O–H groups in total. The van der Waals surface area contributed by atoms with E-state index < -0.39 is 29.9 Å². The minimum atomic E-state index is -1.12. The Morgan fingerprint density at radius 1 is 0.750 bits per heavy atom. The second-order valence-corrected chi connectivity index (χ2v) is 9.30. The number of rotatable bonds is 16. The number of aliphatic carboxylic acids is 2. The molecule has 10 nitrogen and oxygen atoms in total. The summed E-state index contributed by atoms with van der Waals surface area (Å²) in [6.45, 7) is 0.618. The van der Waals surface area contributed by atoms with Gasteiger partial charge in [-0.3, -0.25) is 19.2 Å². The molecule has 3 rings (SSSR count). The summed E-state index contributed by atoms with van der Waals surface area (Å²) in [5.74, 6) is -2.49. The molecule has 40 heavy (non-hydrogen) atoms. The highest BCUT2D eigenvalue weighted by molar-refractivity contribution is 5.88. The van der Waals surface area contributed by atoms with Crippen LogP contribution in [0.1, 0.15) is 50.1 Å². The largest absolute Gasteiger partial charge is 0.481 e. The minimum absolute atomic E-state index is 0.124. The number of carboxylic acids is 2. The zero-order valence-corrected chi connectivity index (χ0v) is 22.1. The SMILES string of the molecule is O=C(O)CC[C@@H](NC(=O)CCCCNc1ccccn1)C(=O)NC(CC(=O)O)c1ccc(-c2ccccc2)cc1. The van der Waals surface area contributed by atoms with Gasteiger partial charge in [-0.15, -0.1) is 0 Å². The van der Waals surface area contributed by atoms with Gasteiger partial charge in [-0.05, 0) is 48.1 Å². The average molecular weight is 547 g/mol. The summed E-state index contributed by atoms with van der Waals surface area (Å²) in [5.41, 5.74) is 2.52. The Morgan fingerprint density at radius 2 is 1.45 bits per heavy atom. The molecule has 2 amide bonds. The molecule has 0 fully saturated rings. The number of aromatic nitrogens is 1. The van der Waals surface area contributed by atoms with Gasteiger partial charge in [-0.2, -0.15) is 0 Å². The number of amides is 2. The number of hydrogen-bond donors (Lipinski definition) is 5. The smallest absolute Gasteiger partial charge is 0.305 e. The van der Waals surface area contributed by atoms with Crippen LogP contribution in [-0.4, -0.2) is 51.5 Å². The lowest BCUT2D eigenvalue weighted by Gasteiger charge is -2.23. The van der Waals surface area contributed by atoms with Gasteiger partial charge in [0.15, 0.2) is 0 Å². The van der Waals surface area contributed by atoms with Crippen molar-refractivity contribution < 1.29 is 29.4 Å². The van der Waals surface area contributed by atoms with E-state index in [4.69, 9.17) is 5.11 Å². The lowest BCUT2D eigenvalue weighted by Crippen LogP contribution is -2.48. The van der Waals surface area contributed by atoms with E-state index in [9.17, 15) is 24.3 Å². The number of carbonyl (C=O) groups is 4. The molecule has 2 atom stereocenters. The number of anilines is 1. The van der Waals surface area contributed by atoms with Gasteiger partial charge in [0, 0.05) is 25.6 Å². The van der Waals surface area contributed by atoms with Gasteiger partial charge in [0.05, 0.1) is 12.5 Å². The van der Waals surface area contributed by atoms with Crippen molar-refractivity contribution in [3.05, 3.63) is 84.6 Å². The van der Waals surface area contributed by atoms with Crippen molar-refractivity contribution in [2.75, 3.05) is 11.9 Å². The number of nitrogens with one attached hydrogen (secondary N) is 3. The van der Waals surface area contributed by atoms with Crippen molar-refractivity contribution in [1.82, 2.24) is 15.6 Å². The van der Waals surface area contributed by atoms with E-state index in [2.05, 4.69) is 20.9 Å². The van der Waals surface area contributed by atoms with Crippen molar-refractivity contribution in [3.8, 4) is 11.1 Å². The molecule has 0 radical (unpaired) electrons. The van der Waals surface area contributed by atoms with Crippen molar-refractivity contribution in [3.63, 3.8) is 0 Å². The topological polar surface area (TPSA) is 158 Å². The number of carbonyl (C=O) groups excluding carboxylic acids is 2. The predicted molar refractivity (Wildman–Crippen MR) is 150 cm³/mol. The highest BCUT2D eigenvalue weighted by Gasteiger charge is 2.26. The molecule has 1 heterocycles. The van der Waals surface area contributed by atoms with Crippen molar-refractivity contribution in [2.24, 2.45) is 0 Å². The number of carboxylic acid groups (broad SMARTS) is 2. The van der Waals surface area contributed by atoms with Gasteiger partial charge in [-0.1, -0.05) is 60.7 Å². The molecule has 0 bridgehead atoms. The first-order valence-corrected chi connectivity index (χ1v) is 13.2. The summed E-state index contributed by atoms with van der Waals surface area (Å²) < 4.78 is 0. The molecule has 0 aliphatic carbocycles. The fourth-order valence-electron chi connectivity index (χ4n) is 4.14. The molecular formula is C30H34N4O6. The van der Waals surface area contributed by atoms with Crippen molar-refractivity contribution >= 4 is 29.6 Å². The molecule has 0 aliphatic heterocycles. The molecule has 0 saturated heterocycles. The Morgan fingerprint density at radius 3 is 2.10 bits per heavy atom. The molecule has 2 aromatic carbocycles. The number of unbranched alkanes of at least 4 members (excludes halogenated alkanes) is 1. The number of hydrogen-bond acceptors (Lipinski definition) is 6. The Bertz CT molecular complexity index is 1250. The van der Waals surface area contributed by atoms with Gasteiger partial charge in [0.1, 0.15) is 11.9 Å². The Labute approximate surface area is 232 Å². The third-order valence-electron chi connectivity index (χ3n) is 6.22. The van der Waals surface area contributed by atoms with E-state index in [0.717, 1.165) is 16.9 Å². The summed E-state index contributed by atoms with van der Waals surface area (Å²) in [4.78, 5) is 52.6. The van der Waals surface area contributed by atoms with Crippen LogP contribution in [0.15, 0.2) is 79.0 Å². The molecule has 210 valence electrons. The maximum atomic E-state index is 13.1. The number of nitrogens with zero attached hydrogens (tertiary/aromatic N) is 1. The normalized spacial score (nSPS) is 12.1. The number of benzene rings is 2. The van der Waals surface area contributed by atoms with E-state index in [-0.39, 0.29) is 31.6 Å². The van der Waals surface area contributed by atoms with E-state index >= 15 is 0 Å². The second-order valence-electron chi connectivity index (χ2n) is 9.30. The van der Waals surface area contributed by atoms with Gasteiger partial charge >= 0.3 is 11.9 Å². The molecule has 1 aromatic heterocycles. The highest BCUT2D eigenvalue weighted by Crippen LogP contribution is 2.24. The third-order valence-corrected chi connectivity index (χ3v) is 6.22. The third kappa shape index (κ3) is 10.2. The molecular weight excluding hydrogens is 512 g/mol. The van der Waals surface area contributed by atoms with Crippen LogP contribution in [0, 0.1) is 0 Å². The van der Waals surface area contributed by atoms with Gasteiger partial charge in [0.25, 0.3) is 0 Å². The molecule has 0 spiro atoms. The van der Waals surface area contributed by atoms with E-state index in [1.165, 1.54) is 0 Å². The first kappa shape index (κ1) is 29.8. The minimum Gasteiger partial charge on any atom is -0.481 e. The second kappa shape index (κ2) is 15.6.